The molecule has 1 aromatic heterocycles. The van der Waals surface area contributed by atoms with Crippen molar-refractivity contribution in [3.8, 4) is 11.5 Å². The van der Waals surface area contributed by atoms with E-state index in [0.29, 0.717) is 23.8 Å². The zero-order valence-electron chi connectivity index (χ0n) is 15.7. The second kappa shape index (κ2) is 8.93. The lowest BCUT2D eigenvalue weighted by Gasteiger charge is -2.06. The minimum absolute atomic E-state index is 0.0638. The number of nitrogens with one attached hydrogen (secondary N) is 2. The van der Waals surface area contributed by atoms with E-state index in [0.717, 1.165) is 11.3 Å². The van der Waals surface area contributed by atoms with Crippen LogP contribution >= 0.6 is 11.3 Å². The highest BCUT2D eigenvalue weighted by Gasteiger charge is 2.18. The van der Waals surface area contributed by atoms with Crippen LogP contribution in [0.2, 0.25) is 0 Å². The van der Waals surface area contributed by atoms with Gasteiger partial charge in [-0.3, -0.25) is 9.52 Å². The molecule has 3 aromatic rings. The third-order valence-electron chi connectivity index (χ3n) is 3.75. The highest BCUT2D eigenvalue weighted by Crippen LogP contribution is 2.23. The van der Waals surface area contributed by atoms with Crippen molar-refractivity contribution in [2.24, 2.45) is 0 Å². The zero-order chi connectivity index (χ0) is 20.9. The van der Waals surface area contributed by atoms with E-state index >= 15 is 0 Å². The van der Waals surface area contributed by atoms with Crippen LogP contribution in [0.1, 0.15) is 17.4 Å². The van der Waals surface area contributed by atoms with Gasteiger partial charge >= 0.3 is 0 Å². The number of carbonyl (C=O) groups is 1. The quantitative estimate of drug-likeness (QED) is 0.562. The molecule has 2 aromatic carbocycles. The number of methoxy groups -OCH3 is 1. The fraction of sp³-hybridized carbons (Fsp3) is 0.158. The van der Waals surface area contributed by atoms with Gasteiger partial charge < -0.3 is 14.8 Å². The Morgan fingerprint density at radius 3 is 2.34 bits per heavy atom. The van der Waals surface area contributed by atoms with Crippen LogP contribution in [-0.2, 0) is 10.0 Å². The first kappa shape index (κ1) is 20.6. The molecule has 2 N–H and O–H groups in total. The second-order valence-corrected chi connectivity index (χ2v) is 8.27. The molecule has 1 amide bonds. The number of hydrogen-bond acceptors (Lipinski definition) is 7. The molecule has 152 valence electrons. The summed E-state index contributed by atoms with van der Waals surface area (Å²) in [7, 11) is -2.33. The van der Waals surface area contributed by atoms with Gasteiger partial charge in [0.1, 0.15) is 17.2 Å². The smallest absolute Gasteiger partial charge is 0.275 e. The second-order valence-electron chi connectivity index (χ2n) is 5.73. The Labute approximate surface area is 172 Å². The van der Waals surface area contributed by atoms with Crippen molar-refractivity contribution in [1.82, 2.24) is 4.98 Å². The summed E-state index contributed by atoms with van der Waals surface area (Å²) in [5, 5.41) is 4.28. The molecule has 0 fully saturated rings. The summed E-state index contributed by atoms with van der Waals surface area (Å²) in [4.78, 5) is 16.5. The molecule has 0 aliphatic rings. The Hall–Kier alpha value is -3.11. The predicted octanol–water partition coefficient (Wildman–Crippen LogP) is 3.60. The summed E-state index contributed by atoms with van der Waals surface area (Å²) in [5.74, 6) is 0.807. The standard InChI is InChI=1S/C19H19N3O5S2/c1-3-27-15-6-4-13(5-7-15)20-18(23)17-12-28-19(21-17)22-29(24,25)16-10-8-14(26-2)9-11-16/h4-12H,3H2,1-2H3,(H,20,23)(H,21,22). The van der Waals surface area contributed by atoms with E-state index in [1.165, 1.54) is 24.6 Å². The van der Waals surface area contributed by atoms with E-state index in [2.05, 4.69) is 15.0 Å². The van der Waals surface area contributed by atoms with Crippen LogP contribution in [0.15, 0.2) is 58.8 Å². The van der Waals surface area contributed by atoms with Gasteiger partial charge in [-0.05, 0) is 55.5 Å². The van der Waals surface area contributed by atoms with E-state index in [4.69, 9.17) is 9.47 Å². The van der Waals surface area contributed by atoms with Gasteiger partial charge in [0.05, 0.1) is 18.6 Å². The highest BCUT2D eigenvalue weighted by atomic mass is 32.2. The average Bonchev–Trinajstić information content (AvgIpc) is 3.17. The molecule has 0 spiro atoms. The van der Waals surface area contributed by atoms with Crippen LogP contribution in [0.5, 0.6) is 11.5 Å². The molecule has 8 nitrogen and oxygen atoms in total. The summed E-state index contributed by atoms with van der Waals surface area (Å²) >= 11 is 1.02. The normalized spacial score (nSPS) is 11.0. The lowest BCUT2D eigenvalue weighted by Crippen LogP contribution is -2.14. The molecular weight excluding hydrogens is 414 g/mol. The molecule has 1 heterocycles. The van der Waals surface area contributed by atoms with Crippen LogP contribution in [0.3, 0.4) is 0 Å². The van der Waals surface area contributed by atoms with Crippen molar-refractivity contribution in [1.29, 1.82) is 0 Å². The molecule has 0 bridgehead atoms. The summed E-state index contributed by atoms with van der Waals surface area (Å²) in [5.41, 5.74) is 0.683. The average molecular weight is 434 g/mol. The van der Waals surface area contributed by atoms with Crippen molar-refractivity contribution in [2.75, 3.05) is 23.8 Å². The molecule has 10 heteroatoms. The zero-order valence-corrected chi connectivity index (χ0v) is 17.3. The fourth-order valence-electron chi connectivity index (χ4n) is 2.35. The van der Waals surface area contributed by atoms with Gasteiger partial charge in [0.2, 0.25) is 0 Å². The Balaban J connectivity index is 1.66. The van der Waals surface area contributed by atoms with Crippen molar-refractivity contribution in [3.05, 3.63) is 59.6 Å². The van der Waals surface area contributed by atoms with Gasteiger partial charge in [-0.1, -0.05) is 0 Å². The van der Waals surface area contributed by atoms with Crippen LogP contribution < -0.4 is 19.5 Å². The van der Waals surface area contributed by atoms with E-state index in [-0.39, 0.29) is 15.7 Å². The van der Waals surface area contributed by atoms with E-state index in [1.54, 1.807) is 36.4 Å². The summed E-state index contributed by atoms with van der Waals surface area (Å²) in [6.07, 6.45) is 0. The first-order valence-electron chi connectivity index (χ1n) is 8.58. The molecule has 3 rings (SSSR count). The minimum atomic E-state index is -3.82. The number of benzene rings is 2. The van der Waals surface area contributed by atoms with Crippen LogP contribution in [-0.4, -0.2) is 33.0 Å². The number of nitrogens with zero attached hydrogens (tertiary/aromatic N) is 1. The maximum Gasteiger partial charge on any atom is 0.275 e. The third-order valence-corrected chi connectivity index (χ3v) is 5.99. The van der Waals surface area contributed by atoms with Crippen molar-refractivity contribution in [2.45, 2.75) is 11.8 Å². The van der Waals surface area contributed by atoms with E-state index in [1.807, 2.05) is 6.92 Å². The van der Waals surface area contributed by atoms with Gasteiger partial charge in [0.25, 0.3) is 15.9 Å². The molecule has 0 aliphatic carbocycles. The molecule has 0 atom stereocenters. The SMILES string of the molecule is CCOc1ccc(NC(=O)c2csc(NS(=O)(=O)c3ccc(OC)cc3)n2)cc1. The number of rotatable bonds is 8. The molecule has 0 unspecified atom stereocenters. The number of hydrogen-bond donors (Lipinski definition) is 2. The summed E-state index contributed by atoms with van der Waals surface area (Å²) in [6.45, 7) is 2.44. The monoisotopic (exact) mass is 433 g/mol. The maximum absolute atomic E-state index is 12.5. The lowest BCUT2D eigenvalue weighted by molar-refractivity contribution is 0.102. The summed E-state index contributed by atoms with van der Waals surface area (Å²) in [6, 6.07) is 12.9. The number of amides is 1. The Morgan fingerprint density at radius 1 is 1.07 bits per heavy atom. The van der Waals surface area contributed by atoms with Gasteiger partial charge in [-0.25, -0.2) is 13.4 Å². The molecular formula is C19H19N3O5S2. The van der Waals surface area contributed by atoms with Crippen LogP contribution in [0.25, 0.3) is 0 Å². The van der Waals surface area contributed by atoms with Crippen molar-refractivity contribution < 1.29 is 22.7 Å². The maximum atomic E-state index is 12.5. The van der Waals surface area contributed by atoms with E-state index < -0.39 is 15.9 Å². The predicted molar refractivity (Wildman–Crippen MR) is 111 cm³/mol. The van der Waals surface area contributed by atoms with Crippen molar-refractivity contribution in [3.63, 3.8) is 0 Å². The molecule has 0 aliphatic heterocycles. The van der Waals surface area contributed by atoms with E-state index in [9.17, 15) is 13.2 Å². The van der Waals surface area contributed by atoms with Gasteiger partial charge in [0.15, 0.2) is 5.13 Å². The number of thiazole rings is 1. The largest absolute Gasteiger partial charge is 0.497 e. The number of anilines is 2. The first-order chi connectivity index (χ1) is 13.9. The Morgan fingerprint density at radius 2 is 1.72 bits per heavy atom. The topological polar surface area (TPSA) is 107 Å². The first-order valence-corrected chi connectivity index (χ1v) is 10.9. The molecule has 0 saturated heterocycles. The van der Waals surface area contributed by atoms with Gasteiger partial charge in [-0.15, -0.1) is 11.3 Å². The number of ether oxygens (including phenoxy) is 2. The minimum Gasteiger partial charge on any atom is -0.497 e. The third kappa shape index (κ3) is 5.24. The van der Waals surface area contributed by atoms with Crippen LogP contribution in [0.4, 0.5) is 10.8 Å². The number of carbonyl (C=O) groups excluding carboxylic acids is 1. The highest BCUT2D eigenvalue weighted by molar-refractivity contribution is 7.93. The Bertz CT molecular complexity index is 1080. The fourth-order valence-corrected chi connectivity index (χ4v) is 4.29. The molecule has 0 radical (unpaired) electrons. The Kier molecular flexibility index (Phi) is 6.35. The van der Waals surface area contributed by atoms with Gasteiger partial charge in [-0.2, -0.15) is 0 Å². The lowest BCUT2D eigenvalue weighted by atomic mass is 10.3. The van der Waals surface area contributed by atoms with Crippen molar-refractivity contribution >= 4 is 38.1 Å². The molecule has 0 saturated carbocycles. The molecule has 29 heavy (non-hydrogen) atoms. The van der Waals surface area contributed by atoms with Gasteiger partial charge in [0, 0.05) is 11.1 Å². The van der Waals surface area contributed by atoms with Crippen LogP contribution in [0, 0.1) is 0 Å². The number of sulfonamides is 1. The number of aromatic nitrogens is 1. The summed E-state index contributed by atoms with van der Waals surface area (Å²) < 4.78 is 37.7.